The summed E-state index contributed by atoms with van der Waals surface area (Å²) >= 11 is 12.1. The summed E-state index contributed by atoms with van der Waals surface area (Å²) in [6, 6.07) is 16.8. The Bertz CT molecular complexity index is 1040. The first-order valence-electron chi connectivity index (χ1n) is 8.69. The lowest BCUT2D eigenvalue weighted by atomic mass is 9.85. The molecular formula is C22H15Cl2F3O3. The number of benzene rings is 3. The molecule has 0 spiro atoms. The van der Waals surface area contributed by atoms with Gasteiger partial charge in [0, 0.05) is 15.6 Å². The Kier molecular flexibility index (Phi) is 6.41. The monoisotopic (exact) mass is 454 g/mol. The second-order valence-electron chi connectivity index (χ2n) is 6.46. The van der Waals surface area contributed by atoms with E-state index in [4.69, 9.17) is 27.9 Å². The third-order valence-electron chi connectivity index (χ3n) is 4.52. The molecule has 3 rings (SSSR count). The van der Waals surface area contributed by atoms with E-state index in [-0.39, 0.29) is 22.8 Å². The van der Waals surface area contributed by atoms with Crippen LogP contribution >= 0.6 is 23.2 Å². The molecule has 0 saturated carbocycles. The maximum Gasteiger partial charge on any atom is 0.416 e. The molecule has 30 heavy (non-hydrogen) atoms. The highest BCUT2D eigenvalue weighted by molar-refractivity contribution is 6.32. The van der Waals surface area contributed by atoms with Gasteiger partial charge in [0.15, 0.2) is 0 Å². The first-order chi connectivity index (χ1) is 14.1. The highest BCUT2D eigenvalue weighted by Gasteiger charge is 2.46. The molecule has 1 N–H and O–H groups in total. The fraction of sp³-hybridized carbons (Fsp3) is 0.136. The quantitative estimate of drug-likeness (QED) is 0.458. The minimum absolute atomic E-state index is 0.0801. The molecule has 1 atom stereocenters. The van der Waals surface area contributed by atoms with Crippen LogP contribution in [-0.4, -0.2) is 11.1 Å². The molecule has 0 heterocycles. The number of carbonyl (C=O) groups is 1. The predicted octanol–water partition coefficient (Wildman–Crippen LogP) is 6.56. The van der Waals surface area contributed by atoms with E-state index in [1.807, 2.05) is 0 Å². The van der Waals surface area contributed by atoms with Crippen LogP contribution in [0, 0.1) is 0 Å². The van der Waals surface area contributed by atoms with Gasteiger partial charge in [-0.1, -0.05) is 65.7 Å². The minimum atomic E-state index is -4.69. The third kappa shape index (κ3) is 4.46. The number of alkyl halides is 3. The highest BCUT2D eigenvalue weighted by Crippen LogP contribution is 2.42. The van der Waals surface area contributed by atoms with Crippen molar-refractivity contribution in [3.8, 4) is 0 Å². The second kappa shape index (κ2) is 8.68. The number of hydrogen-bond acceptors (Lipinski definition) is 2. The summed E-state index contributed by atoms with van der Waals surface area (Å²) in [5.41, 5.74) is -2.94. The van der Waals surface area contributed by atoms with Crippen molar-refractivity contribution in [2.75, 3.05) is 0 Å². The maximum absolute atomic E-state index is 13.3. The topological polar surface area (TPSA) is 46.5 Å². The van der Waals surface area contributed by atoms with E-state index in [0.717, 1.165) is 12.1 Å². The van der Waals surface area contributed by atoms with Crippen molar-refractivity contribution in [1.82, 2.24) is 0 Å². The smallest absolute Gasteiger partial charge is 0.416 e. The van der Waals surface area contributed by atoms with Crippen LogP contribution in [0.25, 0.3) is 0 Å². The van der Waals surface area contributed by atoms with Gasteiger partial charge in [0.2, 0.25) is 5.60 Å². The molecule has 0 amide bonds. The molecule has 1 unspecified atom stereocenters. The highest BCUT2D eigenvalue weighted by atomic mass is 35.5. The van der Waals surface area contributed by atoms with E-state index < -0.39 is 23.3 Å². The molecule has 0 aliphatic heterocycles. The molecular weight excluding hydrogens is 440 g/mol. The number of halogens is 5. The Balaban J connectivity index is 2.22. The fourth-order valence-corrected chi connectivity index (χ4v) is 3.42. The van der Waals surface area contributed by atoms with Gasteiger partial charge in [-0.05, 0) is 41.5 Å². The number of carboxylic acid groups (broad SMARTS) is 1. The lowest BCUT2D eigenvalue weighted by molar-refractivity contribution is -0.163. The van der Waals surface area contributed by atoms with Crippen molar-refractivity contribution in [2.24, 2.45) is 0 Å². The number of aliphatic carboxylic acids is 1. The number of hydrogen-bond donors (Lipinski definition) is 1. The molecule has 3 aromatic rings. The van der Waals surface area contributed by atoms with Crippen LogP contribution in [0.3, 0.4) is 0 Å². The van der Waals surface area contributed by atoms with Gasteiger partial charge in [-0.25, -0.2) is 4.79 Å². The zero-order valence-electron chi connectivity index (χ0n) is 15.3. The molecule has 0 fully saturated rings. The standard InChI is InChI=1S/C22H15Cl2F3O3/c23-17-9-6-15(7-10-17)21(20(28)29,30-13-14-4-2-1-3-5-14)18-12-16(22(25,26)27)8-11-19(18)24/h1-12H,13H2,(H,28,29). The van der Waals surface area contributed by atoms with Crippen LogP contribution in [0.5, 0.6) is 0 Å². The predicted molar refractivity (Wildman–Crippen MR) is 108 cm³/mol. The number of ether oxygens (including phenoxy) is 1. The summed E-state index contributed by atoms with van der Waals surface area (Å²) < 4.78 is 45.9. The van der Waals surface area contributed by atoms with Crippen molar-refractivity contribution in [3.63, 3.8) is 0 Å². The third-order valence-corrected chi connectivity index (χ3v) is 5.10. The molecule has 0 radical (unpaired) electrons. The molecule has 0 saturated heterocycles. The van der Waals surface area contributed by atoms with Crippen LogP contribution in [-0.2, 0) is 27.9 Å². The Labute approximate surface area is 180 Å². The summed E-state index contributed by atoms with van der Waals surface area (Å²) in [5, 5.41) is 10.4. The summed E-state index contributed by atoms with van der Waals surface area (Å²) in [6.45, 7) is -0.178. The minimum Gasteiger partial charge on any atom is -0.479 e. The van der Waals surface area contributed by atoms with Gasteiger partial charge in [-0.15, -0.1) is 0 Å². The summed E-state index contributed by atoms with van der Waals surface area (Å²) in [7, 11) is 0. The first kappa shape index (κ1) is 22.2. The summed E-state index contributed by atoms with van der Waals surface area (Å²) in [4.78, 5) is 12.5. The number of carboxylic acids is 1. The van der Waals surface area contributed by atoms with Crippen molar-refractivity contribution in [1.29, 1.82) is 0 Å². The lowest BCUT2D eigenvalue weighted by Crippen LogP contribution is -2.40. The van der Waals surface area contributed by atoms with E-state index in [9.17, 15) is 23.1 Å². The van der Waals surface area contributed by atoms with Crippen LogP contribution in [0.1, 0.15) is 22.3 Å². The summed E-state index contributed by atoms with van der Waals surface area (Å²) in [5.74, 6) is -1.51. The van der Waals surface area contributed by atoms with Gasteiger partial charge < -0.3 is 9.84 Å². The van der Waals surface area contributed by atoms with Crippen LogP contribution < -0.4 is 0 Å². The molecule has 0 aromatic heterocycles. The Morgan fingerprint density at radius 2 is 1.50 bits per heavy atom. The van der Waals surface area contributed by atoms with Crippen molar-refractivity contribution < 1.29 is 27.8 Å². The van der Waals surface area contributed by atoms with Crippen LogP contribution in [0.15, 0.2) is 72.8 Å². The average molecular weight is 455 g/mol. The van der Waals surface area contributed by atoms with Crippen molar-refractivity contribution >= 4 is 29.2 Å². The zero-order chi connectivity index (χ0) is 21.9. The average Bonchev–Trinajstić information content (AvgIpc) is 2.70. The normalized spacial score (nSPS) is 13.6. The largest absolute Gasteiger partial charge is 0.479 e. The van der Waals surface area contributed by atoms with Crippen molar-refractivity contribution in [2.45, 2.75) is 18.4 Å². The lowest BCUT2D eigenvalue weighted by Gasteiger charge is -2.32. The molecule has 0 aliphatic rings. The van der Waals surface area contributed by atoms with Crippen LogP contribution in [0.4, 0.5) is 13.2 Å². The maximum atomic E-state index is 13.3. The van der Waals surface area contributed by atoms with E-state index in [2.05, 4.69) is 0 Å². The SMILES string of the molecule is O=C(O)C(OCc1ccccc1)(c1ccc(Cl)cc1)c1cc(C(F)(F)F)ccc1Cl. The zero-order valence-corrected chi connectivity index (χ0v) is 16.8. The first-order valence-corrected chi connectivity index (χ1v) is 9.45. The van der Waals surface area contributed by atoms with Crippen molar-refractivity contribution in [3.05, 3.63) is 105 Å². The second-order valence-corrected chi connectivity index (χ2v) is 7.30. The molecule has 3 nitrogen and oxygen atoms in total. The van der Waals surface area contributed by atoms with E-state index in [1.165, 1.54) is 24.3 Å². The molecule has 0 aliphatic carbocycles. The molecule has 156 valence electrons. The van der Waals surface area contributed by atoms with E-state index >= 15 is 0 Å². The molecule has 8 heteroatoms. The Hall–Kier alpha value is -2.54. The molecule has 0 bridgehead atoms. The van der Waals surface area contributed by atoms with Gasteiger partial charge in [-0.3, -0.25) is 0 Å². The Morgan fingerprint density at radius 3 is 2.07 bits per heavy atom. The van der Waals surface area contributed by atoms with Gasteiger partial charge >= 0.3 is 12.1 Å². The fourth-order valence-electron chi connectivity index (χ4n) is 3.04. The van der Waals surface area contributed by atoms with Gasteiger partial charge in [0.05, 0.1) is 12.2 Å². The Morgan fingerprint density at radius 1 is 0.900 bits per heavy atom. The van der Waals surface area contributed by atoms with Crippen LogP contribution in [0.2, 0.25) is 10.0 Å². The van der Waals surface area contributed by atoms with Gasteiger partial charge in [0.1, 0.15) is 0 Å². The van der Waals surface area contributed by atoms with E-state index in [0.29, 0.717) is 16.7 Å². The van der Waals surface area contributed by atoms with E-state index in [1.54, 1.807) is 30.3 Å². The van der Waals surface area contributed by atoms with Gasteiger partial charge in [0.25, 0.3) is 0 Å². The number of rotatable bonds is 6. The van der Waals surface area contributed by atoms with Gasteiger partial charge in [-0.2, -0.15) is 13.2 Å². The summed E-state index contributed by atoms with van der Waals surface area (Å²) in [6.07, 6.45) is -4.69. The molecule has 3 aromatic carbocycles.